The van der Waals surface area contributed by atoms with E-state index in [-0.39, 0.29) is 0 Å². The summed E-state index contributed by atoms with van der Waals surface area (Å²) < 4.78 is 4.14. The minimum Gasteiger partial charge on any atom is -0.340 e. The number of aromatic nitrogens is 2. The van der Waals surface area contributed by atoms with Gasteiger partial charge in [0, 0.05) is 13.1 Å². The van der Waals surface area contributed by atoms with E-state index in [1.165, 1.54) is 30.8 Å². The summed E-state index contributed by atoms with van der Waals surface area (Å²) in [4.78, 5) is 6.28. The van der Waals surface area contributed by atoms with Gasteiger partial charge in [-0.15, -0.1) is 0 Å². The van der Waals surface area contributed by atoms with Gasteiger partial charge in [-0.3, -0.25) is 0 Å². The topological polar surface area (TPSA) is 52.8 Å². The van der Waals surface area contributed by atoms with Gasteiger partial charge in [0.05, 0.1) is 0 Å². The van der Waals surface area contributed by atoms with Crippen LogP contribution in [-0.4, -0.2) is 22.4 Å². The second kappa shape index (κ2) is 3.71. The normalized spacial score (nSPS) is 17.0. The largest absolute Gasteiger partial charge is 0.340 e. The van der Waals surface area contributed by atoms with Crippen LogP contribution in [0.1, 0.15) is 24.3 Å². The quantitative estimate of drug-likeness (QED) is 0.678. The first-order chi connectivity index (χ1) is 6.40. The first-order valence-corrected chi connectivity index (χ1v) is 5.16. The van der Waals surface area contributed by atoms with Crippen LogP contribution >= 0.6 is 11.5 Å². The average Bonchev–Trinajstić information content (AvgIpc) is 2.67. The number of anilines is 1. The third-order valence-electron chi connectivity index (χ3n) is 2.15. The molecular formula is C8H10N4S. The smallest absolute Gasteiger partial charge is 0.238 e. The molecular weight excluding hydrogens is 184 g/mol. The molecule has 0 atom stereocenters. The molecule has 1 aromatic rings. The van der Waals surface area contributed by atoms with E-state index in [9.17, 15) is 0 Å². The molecule has 0 N–H and O–H groups in total. The molecule has 4 nitrogen and oxygen atoms in total. The van der Waals surface area contributed by atoms with Gasteiger partial charge < -0.3 is 4.90 Å². The van der Waals surface area contributed by atoms with Crippen molar-refractivity contribution >= 4 is 17.5 Å². The van der Waals surface area contributed by atoms with E-state index >= 15 is 0 Å². The van der Waals surface area contributed by atoms with E-state index in [0.29, 0.717) is 5.01 Å². The van der Waals surface area contributed by atoms with E-state index in [2.05, 4.69) is 14.3 Å². The van der Waals surface area contributed by atoms with Crippen molar-refractivity contribution < 1.29 is 0 Å². The van der Waals surface area contributed by atoms with E-state index in [1.807, 2.05) is 6.07 Å². The van der Waals surface area contributed by atoms with Crippen molar-refractivity contribution in [2.75, 3.05) is 18.0 Å². The molecule has 0 bridgehead atoms. The lowest BCUT2D eigenvalue weighted by Gasteiger charge is -2.24. The van der Waals surface area contributed by atoms with Crippen molar-refractivity contribution in [1.29, 1.82) is 5.26 Å². The van der Waals surface area contributed by atoms with Crippen molar-refractivity contribution in [2.24, 2.45) is 0 Å². The van der Waals surface area contributed by atoms with Gasteiger partial charge in [-0.1, -0.05) is 0 Å². The molecule has 1 aliphatic heterocycles. The molecule has 2 rings (SSSR count). The highest BCUT2D eigenvalue weighted by atomic mass is 32.1. The van der Waals surface area contributed by atoms with E-state index in [4.69, 9.17) is 5.26 Å². The first kappa shape index (κ1) is 8.45. The maximum absolute atomic E-state index is 8.59. The number of rotatable bonds is 1. The molecule has 13 heavy (non-hydrogen) atoms. The SMILES string of the molecule is N#Cc1nc(N2CCCCC2)ns1. The number of nitriles is 1. The molecule has 5 heteroatoms. The van der Waals surface area contributed by atoms with Crippen LogP contribution in [0.2, 0.25) is 0 Å². The summed E-state index contributed by atoms with van der Waals surface area (Å²) in [6, 6.07) is 2.00. The van der Waals surface area contributed by atoms with Gasteiger partial charge in [0.2, 0.25) is 11.0 Å². The molecule has 0 aliphatic carbocycles. The van der Waals surface area contributed by atoms with Crippen molar-refractivity contribution in [3.8, 4) is 6.07 Å². The lowest BCUT2D eigenvalue weighted by Crippen LogP contribution is -2.30. The number of hydrogen-bond acceptors (Lipinski definition) is 5. The Morgan fingerprint density at radius 2 is 2.08 bits per heavy atom. The van der Waals surface area contributed by atoms with Crippen molar-refractivity contribution in [3.05, 3.63) is 5.01 Å². The Morgan fingerprint density at radius 1 is 1.31 bits per heavy atom. The number of piperidine rings is 1. The van der Waals surface area contributed by atoms with E-state index < -0.39 is 0 Å². The summed E-state index contributed by atoms with van der Waals surface area (Å²) >= 11 is 1.18. The average molecular weight is 194 g/mol. The van der Waals surface area contributed by atoms with Crippen LogP contribution in [0.3, 0.4) is 0 Å². The van der Waals surface area contributed by atoms with Crippen LogP contribution in [0, 0.1) is 11.3 Å². The Kier molecular flexibility index (Phi) is 2.41. The zero-order chi connectivity index (χ0) is 9.10. The Balaban J connectivity index is 2.11. The van der Waals surface area contributed by atoms with E-state index in [0.717, 1.165) is 19.0 Å². The van der Waals surface area contributed by atoms with Gasteiger partial charge >= 0.3 is 0 Å². The molecule has 1 aromatic heterocycles. The van der Waals surface area contributed by atoms with Crippen LogP contribution in [0.5, 0.6) is 0 Å². The maximum Gasteiger partial charge on any atom is 0.238 e. The summed E-state index contributed by atoms with van der Waals surface area (Å²) in [6.07, 6.45) is 3.72. The highest BCUT2D eigenvalue weighted by Gasteiger charge is 2.14. The zero-order valence-electron chi connectivity index (χ0n) is 7.23. The second-order valence-corrected chi connectivity index (χ2v) is 3.81. The van der Waals surface area contributed by atoms with Crippen LogP contribution in [0.15, 0.2) is 0 Å². The molecule has 1 aliphatic rings. The van der Waals surface area contributed by atoms with Crippen LogP contribution < -0.4 is 4.90 Å². The molecule has 0 unspecified atom stereocenters. The predicted molar refractivity (Wildman–Crippen MR) is 50.7 cm³/mol. The third-order valence-corrected chi connectivity index (χ3v) is 2.76. The van der Waals surface area contributed by atoms with Crippen molar-refractivity contribution in [3.63, 3.8) is 0 Å². The summed E-state index contributed by atoms with van der Waals surface area (Å²) in [7, 11) is 0. The molecule has 0 amide bonds. The Bertz CT molecular complexity index is 321. The van der Waals surface area contributed by atoms with Gasteiger partial charge in [-0.05, 0) is 30.8 Å². The molecule has 0 aromatic carbocycles. The van der Waals surface area contributed by atoms with Crippen molar-refractivity contribution in [1.82, 2.24) is 9.36 Å². The lowest BCUT2D eigenvalue weighted by atomic mass is 10.1. The fourth-order valence-corrected chi connectivity index (χ4v) is 1.97. The van der Waals surface area contributed by atoms with Crippen molar-refractivity contribution in [2.45, 2.75) is 19.3 Å². The van der Waals surface area contributed by atoms with Gasteiger partial charge in [0.15, 0.2) is 0 Å². The monoisotopic (exact) mass is 194 g/mol. The molecule has 2 heterocycles. The number of nitrogens with zero attached hydrogens (tertiary/aromatic N) is 4. The van der Waals surface area contributed by atoms with Gasteiger partial charge in [-0.25, -0.2) is 0 Å². The standard InChI is InChI=1S/C8H10N4S/c9-6-7-10-8(11-13-7)12-4-2-1-3-5-12/h1-5H2. The lowest BCUT2D eigenvalue weighted by molar-refractivity contribution is 0.570. The summed E-state index contributed by atoms with van der Waals surface area (Å²) in [6.45, 7) is 2.06. The Hall–Kier alpha value is -1.15. The molecule has 68 valence electrons. The number of hydrogen-bond donors (Lipinski definition) is 0. The summed E-state index contributed by atoms with van der Waals surface area (Å²) in [5.74, 6) is 0.737. The summed E-state index contributed by atoms with van der Waals surface area (Å²) in [5, 5.41) is 9.05. The fourth-order valence-electron chi connectivity index (χ4n) is 1.48. The Morgan fingerprint density at radius 3 is 2.69 bits per heavy atom. The van der Waals surface area contributed by atoms with Gasteiger partial charge in [0.25, 0.3) is 0 Å². The predicted octanol–water partition coefficient (Wildman–Crippen LogP) is 1.40. The van der Waals surface area contributed by atoms with Gasteiger partial charge in [-0.2, -0.15) is 14.6 Å². The minimum atomic E-state index is 0.459. The maximum atomic E-state index is 8.59. The second-order valence-electron chi connectivity index (χ2n) is 3.06. The highest BCUT2D eigenvalue weighted by Crippen LogP contribution is 2.17. The molecule has 1 fully saturated rings. The third kappa shape index (κ3) is 1.78. The van der Waals surface area contributed by atoms with Crippen LogP contribution in [0.4, 0.5) is 5.95 Å². The molecule has 0 radical (unpaired) electrons. The zero-order valence-corrected chi connectivity index (χ0v) is 8.05. The van der Waals surface area contributed by atoms with E-state index in [1.54, 1.807) is 0 Å². The first-order valence-electron chi connectivity index (χ1n) is 4.39. The highest BCUT2D eigenvalue weighted by molar-refractivity contribution is 7.06. The minimum absolute atomic E-state index is 0.459. The Labute approximate surface area is 81.0 Å². The molecule has 1 saturated heterocycles. The molecule has 0 saturated carbocycles. The van der Waals surface area contributed by atoms with Crippen LogP contribution in [-0.2, 0) is 0 Å². The van der Waals surface area contributed by atoms with Gasteiger partial charge in [0.1, 0.15) is 6.07 Å². The summed E-state index contributed by atoms with van der Waals surface area (Å²) in [5.41, 5.74) is 0. The fraction of sp³-hybridized carbons (Fsp3) is 0.625. The molecule has 0 spiro atoms. The van der Waals surface area contributed by atoms with Crippen LogP contribution in [0.25, 0.3) is 0 Å².